The lowest BCUT2D eigenvalue weighted by atomic mass is 10.3. The van der Waals surface area contributed by atoms with E-state index in [-0.39, 0.29) is 6.61 Å². The molecular weight excluding hydrogens is 351 g/mol. The van der Waals surface area contributed by atoms with E-state index >= 15 is 0 Å². The molecule has 0 atom stereocenters. The number of hydrogen-bond acceptors (Lipinski definition) is 3. The van der Waals surface area contributed by atoms with Crippen LogP contribution in [0.5, 0.6) is 0 Å². The second-order valence-electron chi connectivity index (χ2n) is 4.98. The van der Waals surface area contributed by atoms with Crippen molar-refractivity contribution in [3.63, 3.8) is 0 Å². The quantitative estimate of drug-likeness (QED) is 0.696. The highest BCUT2D eigenvalue weighted by molar-refractivity contribution is 7.99. The summed E-state index contributed by atoms with van der Waals surface area (Å²) < 4.78 is 1.83. The average molecular weight is 365 g/mol. The summed E-state index contributed by atoms with van der Waals surface area (Å²) >= 11 is 13.6. The predicted molar refractivity (Wildman–Crippen MR) is 94.8 cm³/mol. The second kappa shape index (κ2) is 6.97. The molecule has 0 radical (unpaired) electrons. The van der Waals surface area contributed by atoms with Crippen molar-refractivity contribution in [2.45, 2.75) is 23.5 Å². The Morgan fingerprint density at radius 1 is 1.09 bits per heavy atom. The smallest absolute Gasteiger partial charge is 0.110 e. The molecule has 23 heavy (non-hydrogen) atoms. The standard InChI is InChI=1S/C17H14Cl2N2OS/c1-11-16(10-22)17(21(20-11)14-5-3-2-4-6-14)23-15-8-12(18)7-13(19)9-15/h2-9,22H,10H2,1H3. The first-order valence-electron chi connectivity index (χ1n) is 6.97. The van der Waals surface area contributed by atoms with Gasteiger partial charge in [-0.05, 0) is 37.3 Å². The third-order valence-electron chi connectivity index (χ3n) is 3.35. The van der Waals surface area contributed by atoms with Crippen LogP contribution in [0.25, 0.3) is 5.69 Å². The topological polar surface area (TPSA) is 38.0 Å². The van der Waals surface area contributed by atoms with E-state index in [1.54, 1.807) is 6.07 Å². The van der Waals surface area contributed by atoms with Crippen molar-refractivity contribution in [1.82, 2.24) is 9.78 Å². The molecule has 0 amide bonds. The molecule has 1 aromatic heterocycles. The molecule has 0 fully saturated rings. The first kappa shape index (κ1) is 16.4. The van der Waals surface area contributed by atoms with E-state index in [0.717, 1.165) is 26.9 Å². The number of rotatable bonds is 4. The van der Waals surface area contributed by atoms with Gasteiger partial charge in [0.25, 0.3) is 0 Å². The van der Waals surface area contributed by atoms with Crippen molar-refractivity contribution < 1.29 is 5.11 Å². The molecule has 0 aliphatic heterocycles. The van der Waals surface area contributed by atoms with Crippen LogP contribution < -0.4 is 0 Å². The minimum atomic E-state index is -0.0741. The lowest BCUT2D eigenvalue weighted by molar-refractivity contribution is 0.278. The fraction of sp³-hybridized carbons (Fsp3) is 0.118. The minimum absolute atomic E-state index is 0.0741. The third kappa shape index (κ3) is 3.56. The minimum Gasteiger partial charge on any atom is -0.392 e. The first-order valence-corrected chi connectivity index (χ1v) is 8.54. The largest absolute Gasteiger partial charge is 0.392 e. The summed E-state index contributed by atoms with van der Waals surface area (Å²) in [5.74, 6) is 0. The highest BCUT2D eigenvalue weighted by Gasteiger charge is 2.17. The van der Waals surface area contributed by atoms with Gasteiger partial charge in [0.15, 0.2) is 0 Å². The summed E-state index contributed by atoms with van der Waals surface area (Å²) in [6, 6.07) is 15.2. The molecule has 0 aliphatic rings. The lowest BCUT2D eigenvalue weighted by Crippen LogP contribution is -1.98. The number of aliphatic hydroxyl groups is 1. The van der Waals surface area contributed by atoms with Crippen LogP contribution in [0.15, 0.2) is 58.5 Å². The molecule has 1 N–H and O–H groups in total. The van der Waals surface area contributed by atoms with E-state index in [4.69, 9.17) is 23.2 Å². The van der Waals surface area contributed by atoms with Gasteiger partial charge in [-0.15, -0.1) is 0 Å². The van der Waals surface area contributed by atoms with Crippen molar-refractivity contribution in [3.05, 3.63) is 69.8 Å². The third-order valence-corrected chi connectivity index (χ3v) is 4.87. The van der Waals surface area contributed by atoms with Gasteiger partial charge >= 0.3 is 0 Å². The van der Waals surface area contributed by atoms with Crippen LogP contribution in [0.2, 0.25) is 10.0 Å². The SMILES string of the molecule is Cc1nn(-c2ccccc2)c(Sc2cc(Cl)cc(Cl)c2)c1CO. The van der Waals surface area contributed by atoms with Crippen molar-refractivity contribution in [1.29, 1.82) is 0 Å². The Hall–Kier alpha value is -1.46. The van der Waals surface area contributed by atoms with Crippen LogP contribution >= 0.6 is 35.0 Å². The molecular formula is C17H14Cl2N2OS. The molecule has 0 bridgehead atoms. The van der Waals surface area contributed by atoms with Crippen LogP contribution in [0.3, 0.4) is 0 Å². The molecule has 0 unspecified atom stereocenters. The van der Waals surface area contributed by atoms with Crippen molar-refractivity contribution in [2.24, 2.45) is 0 Å². The van der Waals surface area contributed by atoms with E-state index < -0.39 is 0 Å². The van der Waals surface area contributed by atoms with E-state index in [1.165, 1.54) is 11.8 Å². The highest BCUT2D eigenvalue weighted by Crippen LogP contribution is 2.36. The Balaban J connectivity index is 2.10. The summed E-state index contributed by atoms with van der Waals surface area (Å²) in [6.45, 7) is 1.81. The van der Waals surface area contributed by atoms with Gasteiger partial charge in [-0.2, -0.15) is 5.10 Å². The van der Waals surface area contributed by atoms with Crippen LogP contribution in [-0.4, -0.2) is 14.9 Å². The Bertz CT molecular complexity index is 814. The fourth-order valence-electron chi connectivity index (χ4n) is 2.27. The van der Waals surface area contributed by atoms with Crippen LogP contribution in [-0.2, 0) is 6.61 Å². The molecule has 0 spiro atoms. The van der Waals surface area contributed by atoms with Crippen molar-refractivity contribution in [3.8, 4) is 5.69 Å². The summed E-state index contributed by atoms with van der Waals surface area (Å²) in [4.78, 5) is 0.897. The molecule has 1 heterocycles. The normalized spacial score (nSPS) is 11.0. The zero-order valence-electron chi connectivity index (χ0n) is 12.3. The van der Waals surface area contributed by atoms with Gasteiger partial charge in [0.05, 0.1) is 18.0 Å². The van der Waals surface area contributed by atoms with Gasteiger partial charge in [0.1, 0.15) is 5.03 Å². The van der Waals surface area contributed by atoms with E-state index in [9.17, 15) is 5.11 Å². The molecule has 2 aromatic carbocycles. The van der Waals surface area contributed by atoms with Gasteiger partial charge in [-0.1, -0.05) is 53.2 Å². The van der Waals surface area contributed by atoms with Crippen molar-refractivity contribution in [2.75, 3.05) is 0 Å². The first-order chi connectivity index (χ1) is 11.1. The molecule has 3 rings (SSSR count). The number of halogens is 2. The number of para-hydroxylation sites is 1. The summed E-state index contributed by atoms with van der Waals surface area (Å²) in [5, 5.41) is 16.3. The number of aliphatic hydroxyl groups excluding tert-OH is 1. The average Bonchev–Trinajstić information content (AvgIpc) is 2.83. The summed E-state index contributed by atoms with van der Waals surface area (Å²) in [7, 11) is 0. The van der Waals surface area contributed by atoms with Crippen molar-refractivity contribution >= 4 is 35.0 Å². The highest BCUT2D eigenvalue weighted by atomic mass is 35.5. The number of nitrogens with zero attached hydrogens (tertiary/aromatic N) is 2. The molecule has 0 aliphatic carbocycles. The lowest BCUT2D eigenvalue weighted by Gasteiger charge is -2.09. The summed E-state index contributed by atoms with van der Waals surface area (Å²) in [5.41, 5.74) is 2.54. The van der Waals surface area contributed by atoms with Gasteiger partial charge in [0, 0.05) is 20.5 Å². The molecule has 0 saturated heterocycles. The molecule has 3 aromatic rings. The Kier molecular flexibility index (Phi) is 4.97. The van der Waals surface area contributed by atoms with Crippen LogP contribution in [0.4, 0.5) is 0 Å². The summed E-state index contributed by atoms with van der Waals surface area (Å²) in [6.07, 6.45) is 0. The zero-order chi connectivity index (χ0) is 16.4. The Labute approximate surface area is 148 Å². The zero-order valence-corrected chi connectivity index (χ0v) is 14.7. The van der Waals surface area contributed by atoms with Gasteiger partial charge in [-0.25, -0.2) is 4.68 Å². The maximum Gasteiger partial charge on any atom is 0.110 e. The van der Waals surface area contributed by atoms with Gasteiger partial charge in [0.2, 0.25) is 0 Å². The molecule has 3 nitrogen and oxygen atoms in total. The Morgan fingerprint density at radius 3 is 2.35 bits per heavy atom. The van der Waals surface area contributed by atoms with E-state index in [0.29, 0.717) is 10.0 Å². The molecule has 6 heteroatoms. The second-order valence-corrected chi connectivity index (χ2v) is 6.92. The van der Waals surface area contributed by atoms with E-state index in [2.05, 4.69) is 5.10 Å². The maximum atomic E-state index is 9.73. The van der Waals surface area contributed by atoms with Crippen LogP contribution in [0.1, 0.15) is 11.3 Å². The number of hydrogen-bond donors (Lipinski definition) is 1. The maximum absolute atomic E-state index is 9.73. The monoisotopic (exact) mass is 364 g/mol. The van der Waals surface area contributed by atoms with Crippen LogP contribution in [0, 0.1) is 6.92 Å². The Morgan fingerprint density at radius 2 is 1.74 bits per heavy atom. The van der Waals surface area contributed by atoms with E-state index in [1.807, 2.05) is 54.1 Å². The predicted octanol–water partition coefficient (Wildman–Crippen LogP) is 5.13. The fourth-order valence-corrected chi connectivity index (χ4v) is 4.09. The molecule has 0 saturated carbocycles. The van der Waals surface area contributed by atoms with Gasteiger partial charge in [-0.3, -0.25) is 0 Å². The van der Waals surface area contributed by atoms with Gasteiger partial charge < -0.3 is 5.11 Å². The number of aryl methyl sites for hydroxylation is 1. The number of benzene rings is 2. The molecule has 118 valence electrons. The number of aromatic nitrogens is 2.